The van der Waals surface area contributed by atoms with Gasteiger partial charge < -0.3 is 19.6 Å². The van der Waals surface area contributed by atoms with Gasteiger partial charge in [0.1, 0.15) is 29.6 Å². The van der Waals surface area contributed by atoms with Crippen LogP contribution in [0.2, 0.25) is 0 Å². The van der Waals surface area contributed by atoms with Gasteiger partial charge in [0, 0.05) is 0 Å². The van der Waals surface area contributed by atoms with Crippen LogP contribution in [0, 0.1) is 0 Å². The molecule has 2 N–H and O–H groups in total. The summed E-state index contributed by atoms with van der Waals surface area (Å²) in [6, 6.07) is 9.24. The average Bonchev–Trinajstić information content (AvgIpc) is 2.85. The molecule has 0 fully saturated rings. The summed E-state index contributed by atoms with van der Waals surface area (Å²) in [6.45, 7) is 0.761. The molecule has 96 valence electrons. The summed E-state index contributed by atoms with van der Waals surface area (Å²) in [6.07, 6.45) is 0. The molecule has 0 unspecified atom stereocenters. The largest absolute Gasteiger partial charge is 0.497 e. The number of halogens is 1. The van der Waals surface area contributed by atoms with Gasteiger partial charge >= 0.3 is 0 Å². The van der Waals surface area contributed by atoms with Gasteiger partial charge in [-0.3, -0.25) is 0 Å². The summed E-state index contributed by atoms with van der Waals surface area (Å²) in [7, 11) is 1.62. The summed E-state index contributed by atoms with van der Waals surface area (Å²) >= 11 is 3.42. The van der Waals surface area contributed by atoms with Gasteiger partial charge in [-0.25, -0.2) is 0 Å². The number of hydrogen-bond donors (Lipinski definition) is 1. The Morgan fingerprint density at radius 3 is 2.61 bits per heavy atom. The molecule has 2 rings (SSSR count). The summed E-state index contributed by atoms with van der Waals surface area (Å²) in [5, 5.41) is 0. The molecule has 18 heavy (non-hydrogen) atoms. The number of ether oxygens (including phenoxy) is 2. The maximum atomic E-state index is 5.64. The highest BCUT2D eigenvalue weighted by Crippen LogP contribution is 2.29. The van der Waals surface area contributed by atoms with Gasteiger partial charge in [0.2, 0.25) is 0 Å². The Kier molecular flexibility index (Phi) is 4.28. The van der Waals surface area contributed by atoms with Crippen molar-refractivity contribution >= 4 is 15.9 Å². The Bertz CT molecular complexity index is 525. The van der Waals surface area contributed by atoms with Crippen molar-refractivity contribution in [1.82, 2.24) is 0 Å². The first-order chi connectivity index (χ1) is 8.72. The molecule has 5 heteroatoms. The number of hydrogen-bond acceptors (Lipinski definition) is 4. The van der Waals surface area contributed by atoms with Crippen molar-refractivity contribution < 1.29 is 13.9 Å². The number of nitrogens with two attached hydrogens (primary N) is 1. The molecule has 0 bridgehead atoms. The quantitative estimate of drug-likeness (QED) is 0.922. The Morgan fingerprint density at radius 2 is 2.00 bits per heavy atom. The second kappa shape index (κ2) is 5.93. The van der Waals surface area contributed by atoms with Crippen LogP contribution in [-0.4, -0.2) is 7.11 Å². The lowest BCUT2D eigenvalue weighted by Gasteiger charge is -2.08. The fourth-order valence-electron chi connectivity index (χ4n) is 1.48. The number of benzene rings is 1. The Balaban J connectivity index is 2.01. The van der Waals surface area contributed by atoms with Crippen LogP contribution >= 0.6 is 15.9 Å². The van der Waals surface area contributed by atoms with Gasteiger partial charge in [-0.15, -0.1) is 0 Å². The summed E-state index contributed by atoms with van der Waals surface area (Å²) < 4.78 is 17.0. The minimum Gasteiger partial charge on any atom is -0.497 e. The summed E-state index contributed by atoms with van der Waals surface area (Å²) in [5.74, 6) is 3.01. The van der Waals surface area contributed by atoms with Crippen molar-refractivity contribution in [3.63, 3.8) is 0 Å². The van der Waals surface area contributed by atoms with Gasteiger partial charge in [-0.1, -0.05) is 0 Å². The molecule has 1 heterocycles. The van der Waals surface area contributed by atoms with Crippen LogP contribution in [-0.2, 0) is 13.2 Å². The molecule has 0 aliphatic heterocycles. The molecule has 2 aromatic rings. The smallest absolute Gasteiger partial charge is 0.146 e. The van der Waals surface area contributed by atoms with Gasteiger partial charge in [-0.05, 0) is 46.3 Å². The third-order valence-electron chi connectivity index (χ3n) is 2.43. The number of furan rings is 1. The Morgan fingerprint density at radius 1 is 1.22 bits per heavy atom. The summed E-state index contributed by atoms with van der Waals surface area (Å²) in [4.78, 5) is 0. The zero-order valence-electron chi connectivity index (χ0n) is 9.98. The van der Waals surface area contributed by atoms with Crippen LogP contribution in [0.25, 0.3) is 0 Å². The van der Waals surface area contributed by atoms with Crippen LogP contribution in [0.5, 0.6) is 11.5 Å². The zero-order chi connectivity index (χ0) is 13.0. The molecular formula is C13H14BrNO3. The van der Waals surface area contributed by atoms with E-state index < -0.39 is 0 Å². The monoisotopic (exact) mass is 311 g/mol. The van der Waals surface area contributed by atoms with E-state index in [-0.39, 0.29) is 0 Å². The van der Waals surface area contributed by atoms with Crippen LogP contribution < -0.4 is 15.2 Å². The molecule has 0 amide bonds. The Hall–Kier alpha value is -1.46. The highest BCUT2D eigenvalue weighted by molar-refractivity contribution is 9.10. The van der Waals surface area contributed by atoms with E-state index in [4.69, 9.17) is 19.6 Å². The van der Waals surface area contributed by atoms with E-state index in [9.17, 15) is 0 Å². The maximum Gasteiger partial charge on any atom is 0.146 e. The lowest BCUT2D eigenvalue weighted by atomic mass is 10.3. The van der Waals surface area contributed by atoms with Gasteiger partial charge in [-0.2, -0.15) is 0 Å². The van der Waals surface area contributed by atoms with Crippen LogP contribution in [0.1, 0.15) is 11.5 Å². The molecule has 0 radical (unpaired) electrons. The molecule has 0 aliphatic rings. The highest BCUT2D eigenvalue weighted by Gasteiger charge is 2.05. The van der Waals surface area contributed by atoms with Gasteiger partial charge in [0.05, 0.1) is 18.1 Å². The first-order valence-corrected chi connectivity index (χ1v) is 6.26. The first kappa shape index (κ1) is 13.0. The fourth-order valence-corrected chi connectivity index (χ4v) is 1.96. The highest BCUT2D eigenvalue weighted by atomic mass is 79.9. The van der Waals surface area contributed by atoms with E-state index in [1.165, 1.54) is 0 Å². The second-order valence-corrected chi connectivity index (χ2v) is 4.51. The molecule has 1 aromatic carbocycles. The van der Waals surface area contributed by atoms with Crippen molar-refractivity contribution in [2.24, 2.45) is 5.73 Å². The molecule has 0 saturated heterocycles. The topological polar surface area (TPSA) is 57.6 Å². The average molecular weight is 312 g/mol. The van der Waals surface area contributed by atoms with E-state index in [0.29, 0.717) is 13.2 Å². The normalized spacial score (nSPS) is 10.4. The van der Waals surface area contributed by atoms with E-state index in [1.54, 1.807) is 7.11 Å². The molecule has 0 atom stereocenters. The summed E-state index contributed by atoms with van der Waals surface area (Å²) in [5.41, 5.74) is 5.47. The first-order valence-electron chi connectivity index (χ1n) is 5.47. The maximum absolute atomic E-state index is 5.64. The molecule has 0 aliphatic carbocycles. The standard InChI is InChI=1S/C13H14BrNO3/c1-16-9-4-5-13(12(14)6-9)17-8-11-3-2-10(7-15)18-11/h2-6H,7-8,15H2,1H3. The molecular weight excluding hydrogens is 298 g/mol. The predicted octanol–water partition coefficient (Wildman–Crippen LogP) is 3.09. The number of rotatable bonds is 5. The molecule has 1 aromatic heterocycles. The van der Waals surface area contributed by atoms with Gasteiger partial charge in [0.25, 0.3) is 0 Å². The van der Waals surface area contributed by atoms with E-state index in [1.807, 2.05) is 30.3 Å². The third-order valence-corrected chi connectivity index (χ3v) is 3.05. The molecule has 0 saturated carbocycles. The minimum atomic E-state index is 0.366. The molecule has 4 nitrogen and oxygen atoms in total. The van der Waals surface area contributed by atoms with Gasteiger partial charge in [0.15, 0.2) is 0 Å². The third kappa shape index (κ3) is 3.05. The van der Waals surface area contributed by atoms with Crippen molar-refractivity contribution in [2.45, 2.75) is 13.2 Å². The van der Waals surface area contributed by atoms with Crippen molar-refractivity contribution in [3.05, 3.63) is 46.3 Å². The van der Waals surface area contributed by atoms with Crippen molar-refractivity contribution in [3.8, 4) is 11.5 Å². The zero-order valence-corrected chi connectivity index (χ0v) is 11.6. The van der Waals surface area contributed by atoms with E-state index in [0.717, 1.165) is 27.5 Å². The predicted molar refractivity (Wildman–Crippen MR) is 71.6 cm³/mol. The second-order valence-electron chi connectivity index (χ2n) is 3.66. The van der Waals surface area contributed by atoms with E-state index >= 15 is 0 Å². The van der Waals surface area contributed by atoms with E-state index in [2.05, 4.69) is 15.9 Å². The molecule has 0 spiro atoms. The SMILES string of the molecule is COc1ccc(OCc2ccc(CN)o2)c(Br)c1. The Labute approximate surface area is 114 Å². The number of methoxy groups -OCH3 is 1. The lowest BCUT2D eigenvalue weighted by Crippen LogP contribution is -1.96. The van der Waals surface area contributed by atoms with Crippen molar-refractivity contribution in [1.29, 1.82) is 0 Å². The van der Waals surface area contributed by atoms with Crippen LogP contribution in [0.4, 0.5) is 0 Å². The lowest BCUT2D eigenvalue weighted by molar-refractivity contribution is 0.264. The van der Waals surface area contributed by atoms with Crippen molar-refractivity contribution in [2.75, 3.05) is 7.11 Å². The fraction of sp³-hybridized carbons (Fsp3) is 0.231. The van der Waals surface area contributed by atoms with Crippen LogP contribution in [0.15, 0.2) is 39.2 Å². The van der Waals surface area contributed by atoms with Crippen LogP contribution in [0.3, 0.4) is 0 Å². The minimum absolute atomic E-state index is 0.366.